The van der Waals surface area contributed by atoms with Gasteiger partial charge < -0.3 is 5.32 Å². The van der Waals surface area contributed by atoms with Crippen molar-refractivity contribution in [2.45, 2.75) is 65.0 Å². The van der Waals surface area contributed by atoms with Crippen LogP contribution >= 0.6 is 0 Å². The average Bonchev–Trinajstić information content (AvgIpc) is 3.12. The van der Waals surface area contributed by atoms with Crippen LogP contribution in [0.1, 0.15) is 52.9 Å². The zero-order valence-corrected chi connectivity index (χ0v) is 11.9. The van der Waals surface area contributed by atoms with Crippen LogP contribution in [-0.2, 0) is 0 Å². The maximum absolute atomic E-state index is 3.72. The van der Waals surface area contributed by atoms with E-state index in [9.17, 15) is 0 Å². The summed E-state index contributed by atoms with van der Waals surface area (Å²) in [6.45, 7) is 10.9. The van der Waals surface area contributed by atoms with Crippen LogP contribution in [0.15, 0.2) is 0 Å². The molecule has 0 radical (unpaired) electrons. The van der Waals surface area contributed by atoms with E-state index in [0.717, 1.165) is 17.9 Å². The molecule has 1 N–H and O–H groups in total. The molecule has 2 unspecified atom stereocenters. The number of hydrogen-bond donors (Lipinski definition) is 1. The number of hydrogen-bond acceptors (Lipinski definition) is 2. The average molecular weight is 238 g/mol. The molecule has 2 heteroatoms. The summed E-state index contributed by atoms with van der Waals surface area (Å²) < 4.78 is 0. The Bertz CT molecular complexity index is 223. The van der Waals surface area contributed by atoms with E-state index in [1.54, 1.807) is 0 Å². The van der Waals surface area contributed by atoms with Crippen molar-refractivity contribution < 1.29 is 0 Å². The van der Waals surface area contributed by atoms with Crippen molar-refractivity contribution >= 4 is 0 Å². The van der Waals surface area contributed by atoms with Crippen molar-refractivity contribution in [3.63, 3.8) is 0 Å². The van der Waals surface area contributed by atoms with Gasteiger partial charge in [0, 0.05) is 18.6 Å². The second kappa shape index (κ2) is 6.19. The van der Waals surface area contributed by atoms with Gasteiger partial charge in [0.05, 0.1) is 0 Å². The highest BCUT2D eigenvalue weighted by molar-refractivity contribution is 4.86. The lowest BCUT2D eigenvalue weighted by Gasteiger charge is -2.33. The quantitative estimate of drug-likeness (QED) is 0.792. The molecule has 0 aromatic rings. The fourth-order valence-corrected chi connectivity index (χ4v) is 3.07. The predicted molar refractivity (Wildman–Crippen MR) is 74.2 cm³/mol. The highest BCUT2D eigenvalue weighted by Gasteiger charge is 2.30. The number of nitrogens with zero attached hydrogens (tertiary/aromatic N) is 1. The highest BCUT2D eigenvalue weighted by Crippen LogP contribution is 2.35. The zero-order chi connectivity index (χ0) is 12.3. The van der Waals surface area contributed by atoms with Gasteiger partial charge in [-0.3, -0.25) is 4.90 Å². The Kier molecular flexibility index (Phi) is 4.87. The third kappa shape index (κ3) is 3.96. The van der Waals surface area contributed by atoms with Gasteiger partial charge in [-0.1, -0.05) is 33.6 Å². The van der Waals surface area contributed by atoms with E-state index in [1.165, 1.54) is 51.7 Å². The zero-order valence-electron chi connectivity index (χ0n) is 11.9. The van der Waals surface area contributed by atoms with Crippen LogP contribution in [0.25, 0.3) is 0 Å². The molecule has 100 valence electrons. The molecule has 1 saturated carbocycles. The molecule has 2 atom stereocenters. The SMILES string of the molecule is CCC(CC1CC1)N1CCCNC(C(C)C)C1. The summed E-state index contributed by atoms with van der Waals surface area (Å²) in [5.41, 5.74) is 0. The predicted octanol–water partition coefficient (Wildman–Crippen LogP) is 2.89. The number of rotatable bonds is 5. The summed E-state index contributed by atoms with van der Waals surface area (Å²) in [5, 5.41) is 3.72. The molecule has 2 nitrogen and oxygen atoms in total. The molecule has 0 spiro atoms. The second-order valence-corrected chi connectivity index (χ2v) is 6.39. The molecule has 17 heavy (non-hydrogen) atoms. The van der Waals surface area contributed by atoms with Gasteiger partial charge >= 0.3 is 0 Å². The van der Waals surface area contributed by atoms with Crippen molar-refractivity contribution in [1.29, 1.82) is 0 Å². The molecular weight excluding hydrogens is 208 g/mol. The first-order chi connectivity index (χ1) is 8.20. The van der Waals surface area contributed by atoms with E-state index >= 15 is 0 Å². The Labute approximate surface area is 107 Å². The molecule has 1 aliphatic carbocycles. The molecule has 2 aliphatic rings. The van der Waals surface area contributed by atoms with Crippen molar-refractivity contribution in [2.75, 3.05) is 19.6 Å². The largest absolute Gasteiger partial charge is 0.312 e. The minimum Gasteiger partial charge on any atom is -0.312 e. The monoisotopic (exact) mass is 238 g/mol. The van der Waals surface area contributed by atoms with Crippen molar-refractivity contribution in [3.8, 4) is 0 Å². The van der Waals surface area contributed by atoms with Crippen LogP contribution in [-0.4, -0.2) is 36.6 Å². The molecule has 0 bridgehead atoms. The van der Waals surface area contributed by atoms with Gasteiger partial charge in [0.15, 0.2) is 0 Å². The van der Waals surface area contributed by atoms with E-state index < -0.39 is 0 Å². The lowest BCUT2D eigenvalue weighted by Crippen LogP contribution is -2.45. The lowest BCUT2D eigenvalue weighted by atomic mass is 10.0. The second-order valence-electron chi connectivity index (χ2n) is 6.39. The normalized spacial score (nSPS) is 29.3. The molecule has 2 rings (SSSR count). The maximum Gasteiger partial charge on any atom is 0.0218 e. The van der Waals surface area contributed by atoms with Crippen LogP contribution in [0.2, 0.25) is 0 Å². The molecule has 0 aromatic heterocycles. The van der Waals surface area contributed by atoms with Crippen molar-refractivity contribution in [1.82, 2.24) is 10.2 Å². The van der Waals surface area contributed by atoms with Crippen LogP contribution in [0, 0.1) is 11.8 Å². The summed E-state index contributed by atoms with van der Waals surface area (Å²) >= 11 is 0. The minimum absolute atomic E-state index is 0.700. The van der Waals surface area contributed by atoms with Crippen LogP contribution in [0.3, 0.4) is 0 Å². The Morgan fingerprint density at radius 1 is 1.29 bits per heavy atom. The van der Waals surface area contributed by atoms with Gasteiger partial charge in [0.2, 0.25) is 0 Å². The van der Waals surface area contributed by atoms with E-state index in [1.807, 2.05) is 0 Å². The molecular formula is C15H30N2. The first-order valence-corrected chi connectivity index (χ1v) is 7.68. The fraction of sp³-hybridized carbons (Fsp3) is 1.00. The van der Waals surface area contributed by atoms with Crippen molar-refractivity contribution in [2.24, 2.45) is 11.8 Å². The standard InChI is InChI=1S/C15H30N2/c1-4-14(10-13-6-7-13)17-9-5-8-16-15(11-17)12(2)3/h12-16H,4-11H2,1-3H3. The summed E-state index contributed by atoms with van der Waals surface area (Å²) in [6.07, 6.45) is 7.11. The summed E-state index contributed by atoms with van der Waals surface area (Å²) in [6, 6.07) is 1.55. The molecule has 1 aliphatic heterocycles. The summed E-state index contributed by atoms with van der Waals surface area (Å²) in [4.78, 5) is 2.78. The molecule has 1 heterocycles. The Hall–Kier alpha value is -0.0800. The minimum atomic E-state index is 0.700. The van der Waals surface area contributed by atoms with E-state index in [-0.39, 0.29) is 0 Å². The first kappa shape index (κ1) is 13.4. The van der Waals surface area contributed by atoms with Crippen LogP contribution in [0.5, 0.6) is 0 Å². The van der Waals surface area contributed by atoms with Gasteiger partial charge in [-0.2, -0.15) is 0 Å². The van der Waals surface area contributed by atoms with Gasteiger partial charge in [-0.25, -0.2) is 0 Å². The Morgan fingerprint density at radius 2 is 2.06 bits per heavy atom. The van der Waals surface area contributed by atoms with Crippen LogP contribution in [0.4, 0.5) is 0 Å². The van der Waals surface area contributed by atoms with Gasteiger partial charge in [0.25, 0.3) is 0 Å². The van der Waals surface area contributed by atoms with Crippen LogP contribution < -0.4 is 5.32 Å². The Morgan fingerprint density at radius 3 is 2.65 bits per heavy atom. The molecule has 1 saturated heterocycles. The molecule has 0 amide bonds. The third-order valence-electron chi connectivity index (χ3n) is 4.55. The fourth-order valence-electron chi connectivity index (χ4n) is 3.07. The van der Waals surface area contributed by atoms with Gasteiger partial charge in [0.1, 0.15) is 0 Å². The highest BCUT2D eigenvalue weighted by atomic mass is 15.2. The summed E-state index contributed by atoms with van der Waals surface area (Å²) in [5.74, 6) is 1.82. The van der Waals surface area contributed by atoms with Crippen molar-refractivity contribution in [3.05, 3.63) is 0 Å². The Balaban J connectivity index is 1.90. The van der Waals surface area contributed by atoms with Gasteiger partial charge in [-0.05, 0) is 44.2 Å². The van der Waals surface area contributed by atoms with E-state index in [4.69, 9.17) is 0 Å². The topological polar surface area (TPSA) is 15.3 Å². The lowest BCUT2D eigenvalue weighted by molar-refractivity contribution is 0.162. The summed E-state index contributed by atoms with van der Waals surface area (Å²) in [7, 11) is 0. The van der Waals surface area contributed by atoms with Gasteiger partial charge in [-0.15, -0.1) is 0 Å². The maximum atomic E-state index is 3.72. The first-order valence-electron chi connectivity index (χ1n) is 7.68. The smallest absolute Gasteiger partial charge is 0.0218 e. The van der Waals surface area contributed by atoms with E-state index in [2.05, 4.69) is 31.0 Å². The van der Waals surface area contributed by atoms with E-state index in [0.29, 0.717) is 6.04 Å². The molecule has 2 fully saturated rings. The molecule has 0 aromatic carbocycles. The third-order valence-corrected chi connectivity index (χ3v) is 4.55. The number of nitrogens with one attached hydrogen (secondary N) is 1.